The number of H-pyrrole nitrogens is 1. The molecule has 3 heteroatoms. The van der Waals surface area contributed by atoms with Crippen molar-refractivity contribution in [2.75, 3.05) is 0 Å². The number of nitrogens with one attached hydrogen (secondary N) is 1. The lowest BCUT2D eigenvalue weighted by molar-refractivity contribution is 0.584. The minimum atomic E-state index is -0.137. The number of hydrogen-bond donors (Lipinski definition) is 1. The van der Waals surface area contributed by atoms with Gasteiger partial charge in [-0.25, -0.2) is 4.68 Å². The van der Waals surface area contributed by atoms with E-state index in [0.717, 1.165) is 16.8 Å². The molecule has 0 aliphatic carbocycles. The fourth-order valence-corrected chi connectivity index (χ4v) is 1.90. The number of aromatic nitrogens is 2. The number of aryl methyl sites for hydroxylation is 1. The van der Waals surface area contributed by atoms with Gasteiger partial charge in [-0.15, -0.1) is 0 Å². The highest BCUT2D eigenvalue weighted by Crippen LogP contribution is 2.19. The van der Waals surface area contributed by atoms with Crippen LogP contribution in [0.2, 0.25) is 0 Å². The van der Waals surface area contributed by atoms with Gasteiger partial charge in [-0.3, -0.25) is 9.89 Å². The Balaban J connectivity index is 2.61. The summed E-state index contributed by atoms with van der Waals surface area (Å²) in [5.41, 5.74) is 2.69. The molecule has 1 heterocycles. The van der Waals surface area contributed by atoms with Crippen LogP contribution in [0.5, 0.6) is 0 Å². The molecule has 0 aliphatic heterocycles. The number of rotatable bonds is 1. The Labute approximate surface area is 101 Å². The highest BCUT2D eigenvalue weighted by atomic mass is 16.1. The zero-order chi connectivity index (χ0) is 12.6. The highest BCUT2D eigenvalue weighted by molar-refractivity contribution is 5.40. The summed E-state index contributed by atoms with van der Waals surface area (Å²) in [5.74, 6) is 0. The third-order valence-electron chi connectivity index (χ3n) is 2.94. The van der Waals surface area contributed by atoms with Crippen molar-refractivity contribution in [3.05, 3.63) is 51.9 Å². The molecule has 0 unspecified atom stereocenters. The van der Waals surface area contributed by atoms with Crippen molar-refractivity contribution in [2.45, 2.75) is 33.1 Å². The van der Waals surface area contributed by atoms with Crippen LogP contribution >= 0.6 is 0 Å². The van der Waals surface area contributed by atoms with E-state index >= 15 is 0 Å². The van der Waals surface area contributed by atoms with Crippen LogP contribution in [-0.2, 0) is 5.41 Å². The van der Waals surface area contributed by atoms with Crippen molar-refractivity contribution < 1.29 is 0 Å². The molecule has 0 aliphatic rings. The Morgan fingerprint density at radius 2 is 1.82 bits per heavy atom. The summed E-state index contributed by atoms with van der Waals surface area (Å²) in [5, 5.41) is 3.04. The van der Waals surface area contributed by atoms with Crippen LogP contribution in [0.4, 0.5) is 0 Å². The Morgan fingerprint density at radius 3 is 2.35 bits per heavy atom. The Hall–Kier alpha value is -1.77. The second kappa shape index (κ2) is 3.91. The fourth-order valence-electron chi connectivity index (χ4n) is 1.90. The van der Waals surface area contributed by atoms with Gasteiger partial charge >= 0.3 is 0 Å². The topological polar surface area (TPSA) is 37.8 Å². The first-order valence-corrected chi connectivity index (χ1v) is 5.78. The van der Waals surface area contributed by atoms with Crippen molar-refractivity contribution in [3.8, 4) is 5.69 Å². The smallest absolute Gasteiger partial charge is 0.274 e. The van der Waals surface area contributed by atoms with Crippen molar-refractivity contribution in [1.29, 1.82) is 0 Å². The predicted molar refractivity (Wildman–Crippen MR) is 69.8 cm³/mol. The van der Waals surface area contributed by atoms with Crippen molar-refractivity contribution >= 4 is 0 Å². The molecule has 0 bridgehead atoms. The first kappa shape index (κ1) is 11.7. The third kappa shape index (κ3) is 2.05. The molecule has 0 fully saturated rings. The van der Waals surface area contributed by atoms with Gasteiger partial charge in [0.2, 0.25) is 0 Å². The highest BCUT2D eigenvalue weighted by Gasteiger charge is 2.20. The predicted octanol–water partition coefficient (Wildman–Crippen LogP) is 2.77. The van der Waals surface area contributed by atoms with Gasteiger partial charge in [-0.05, 0) is 24.0 Å². The maximum Gasteiger partial charge on any atom is 0.274 e. The molecule has 90 valence electrons. The monoisotopic (exact) mass is 230 g/mol. The molecule has 0 atom stereocenters. The van der Waals surface area contributed by atoms with E-state index in [4.69, 9.17) is 0 Å². The summed E-state index contributed by atoms with van der Waals surface area (Å²) in [6.45, 7) is 8.12. The lowest BCUT2D eigenvalue weighted by atomic mass is 9.89. The number of nitrogens with zero attached hydrogens (tertiary/aromatic N) is 1. The van der Waals surface area contributed by atoms with Crippen molar-refractivity contribution in [1.82, 2.24) is 9.78 Å². The minimum Gasteiger partial charge on any atom is -0.298 e. The van der Waals surface area contributed by atoms with Gasteiger partial charge in [0.25, 0.3) is 5.56 Å². The molecule has 2 aromatic rings. The zero-order valence-electron chi connectivity index (χ0n) is 10.7. The number of para-hydroxylation sites is 1. The summed E-state index contributed by atoms with van der Waals surface area (Å²) < 4.78 is 1.61. The van der Waals surface area contributed by atoms with Crippen molar-refractivity contribution in [2.24, 2.45) is 0 Å². The Bertz CT molecular complexity index is 585. The quantitative estimate of drug-likeness (QED) is 0.803. The van der Waals surface area contributed by atoms with Gasteiger partial charge in [0.05, 0.1) is 5.69 Å². The maximum atomic E-state index is 12.3. The van der Waals surface area contributed by atoms with E-state index < -0.39 is 0 Å². The summed E-state index contributed by atoms with van der Waals surface area (Å²) in [7, 11) is 0. The standard InChI is InChI=1S/C14H18N2O/c1-10-7-5-6-8-12(10)16-13(17)11(9-15-16)14(2,3)4/h5-9,15H,1-4H3. The van der Waals surface area contributed by atoms with E-state index in [1.807, 2.05) is 52.0 Å². The van der Waals surface area contributed by atoms with Crippen LogP contribution in [0.3, 0.4) is 0 Å². The van der Waals surface area contributed by atoms with Gasteiger partial charge < -0.3 is 0 Å². The summed E-state index contributed by atoms with van der Waals surface area (Å²) in [4.78, 5) is 12.3. The fraction of sp³-hybridized carbons (Fsp3) is 0.357. The van der Waals surface area contributed by atoms with E-state index in [9.17, 15) is 4.79 Å². The number of benzene rings is 1. The molecule has 1 aromatic carbocycles. The van der Waals surface area contributed by atoms with Crippen molar-refractivity contribution in [3.63, 3.8) is 0 Å². The maximum absolute atomic E-state index is 12.3. The Morgan fingerprint density at radius 1 is 1.18 bits per heavy atom. The first-order chi connectivity index (χ1) is 7.91. The summed E-state index contributed by atoms with van der Waals surface area (Å²) >= 11 is 0. The lowest BCUT2D eigenvalue weighted by Gasteiger charge is -2.14. The van der Waals surface area contributed by atoms with Gasteiger partial charge in [-0.1, -0.05) is 39.0 Å². The molecule has 17 heavy (non-hydrogen) atoms. The van der Waals surface area contributed by atoms with Gasteiger partial charge in [-0.2, -0.15) is 0 Å². The number of aromatic amines is 1. The molecular weight excluding hydrogens is 212 g/mol. The second-order valence-electron chi connectivity index (χ2n) is 5.36. The molecule has 2 rings (SSSR count). The zero-order valence-corrected chi connectivity index (χ0v) is 10.7. The van der Waals surface area contributed by atoms with Gasteiger partial charge in [0.15, 0.2) is 0 Å². The van der Waals surface area contributed by atoms with Crippen LogP contribution in [0.25, 0.3) is 5.69 Å². The van der Waals surface area contributed by atoms with E-state index in [0.29, 0.717) is 0 Å². The van der Waals surface area contributed by atoms with E-state index in [1.165, 1.54) is 0 Å². The number of hydrogen-bond acceptors (Lipinski definition) is 1. The molecule has 0 radical (unpaired) electrons. The minimum absolute atomic E-state index is 0.0341. The van der Waals surface area contributed by atoms with Gasteiger partial charge in [0, 0.05) is 11.8 Å². The van der Waals surface area contributed by atoms with E-state index in [1.54, 1.807) is 10.9 Å². The molecule has 0 saturated carbocycles. The average molecular weight is 230 g/mol. The molecule has 0 saturated heterocycles. The van der Waals surface area contributed by atoms with Crippen LogP contribution in [0.1, 0.15) is 31.9 Å². The Kier molecular flexibility index (Phi) is 2.69. The molecular formula is C14H18N2O. The third-order valence-corrected chi connectivity index (χ3v) is 2.94. The SMILES string of the molecule is Cc1ccccc1-n1[nH]cc(C(C)(C)C)c1=O. The largest absolute Gasteiger partial charge is 0.298 e. The van der Waals surface area contributed by atoms with Crippen LogP contribution in [-0.4, -0.2) is 9.78 Å². The normalized spacial score (nSPS) is 11.8. The van der Waals surface area contributed by atoms with Gasteiger partial charge in [0.1, 0.15) is 0 Å². The first-order valence-electron chi connectivity index (χ1n) is 5.78. The summed E-state index contributed by atoms with van der Waals surface area (Å²) in [6, 6.07) is 7.85. The van der Waals surface area contributed by atoms with E-state index in [2.05, 4.69) is 5.10 Å². The molecule has 3 nitrogen and oxygen atoms in total. The lowest BCUT2D eigenvalue weighted by Crippen LogP contribution is -2.25. The van der Waals surface area contributed by atoms with Crippen LogP contribution in [0.15, 0.2) is 35.3 Å². The molecule has 0 amide bonds. The summed E-state index contributed by atoms with van der Waals surface area (Å²) in [6.07, 6.45) is 1.80. The van der Waals surface area contributed by atoms with Crippen LogP contribution in [0, 0.1) is 6.92 Å². The molecule has 1 aromatic heterocycles. The molecule has 1 N–H and O–H groups in total. The second-order valence-corrected chi connectivity index (χ2v) is 5.36. The van der Waals surface area contributed by atoms with Crippen LogP contribution < -0.4 is 5.56 Å². The molecule has 0 spiro atoms. The van der Waals surface area contributed by atoms with E-state index in [-0.39, 0.29) is 11.0 Å². The average Bonchev–Trinajstić information content (AvgIpc) is 2.60.